The molecule has 0 aliphatic heterocycles. The van der Waals surface area contributed by atoms with Crippen LogP contribution in [0.5, 0.6) is 0 Å². The Balaban J connectivity index is 2.01. The van der Waals surface area contributed by atoms with E-state index in [0.29, 0.717) is 11.3 Å². The van der Waals surface area contributed by atoms with Crippen LogP contribution in [0.1, 0.15) is 17.0 Å². The van der Waals surface area contributed by atoms with E-state index in [9.17, 15) is 0 Å². The summed E-state index contributed by atoms with van der Waals surface area (Å²) in [4.78, 5) is 12.8. The third kappa shape index (κ3) is 1.46. The van der Waals surface area contributed by atoms with Gasteiger partial charge in [0.05, 0.1) is 0 Å². The van der Waals surface area contributed by atoms with E-state index in [1.807, 2.05) is 11.5 Å². The number of hydrogen-bond acceptors (Lipinski definition) is 4. The predicted molar refractivity (Wildman–Crippen MR) is 78.5 cm³/mol. The summed E-state index contributed by atoms with van der Waals surface area (Å²) in [5.74, 6) is 1.27. The van der Waals surface area contributed by atoms with Gasteiger partial charge < -0.3 is 5.73 Å². The summed E-state index contributed by atoms with van der Waals surface area (Å²) in [6.45, 7) is 1.95. The Bertz CT molecular complexity index is 860. The van der Waals surface area contributed by atoms with Crippen molar-refractivity contribution >= 4 is 23.1 Å². The number of anilines is 1. The molecule has 20 heavy (non-hydrogen) atoms. The molecule has 1 aliphatic rings. The number of hydrogen-bond donors (Lipinski definition) is 1. The van der Waals surface area contributed by atoms with Crippen LogP contribution in [0.4, 0.5) is 5.82 Å². The van der Waals surface area contributed by atoms with Crippen molar-refractivity contribution in [1.82, 2.24) is 19.5 Å². The molecule has 98 valence electrons. The summed E-state index contributed by atoms with van der Waals surface area (Å²) in [6.07, 6.45) is 6.81. The fourth-order valence-electron chi connectivity index (χ4n) is 2.70. The van der Waals surface area contributed by atoms with E-state index in [-0.39, 0.29) is 0 Å². The maximum Gasteiger partial charge on any atom is 0.170 e. The van der Waals surface area contributed by atoms with Crippen LogP contribution in [-0.2, 0) is 6.42 Å². The Hall–Kier alpha value is -2.69. The molecule has 2 heterocycles. The molecule has 0 radical (unpaired) electrons. The lowest BCUT2D eigenvalue weighted by atomic mass is 10.1. The van der Waals surface area contributed by atoms with Crippen molar-refractivity contribution in [3.63, 3.8) is 0 Å². The number of benzene rings is 1. The molecule has 1 aliphatic carbocycles. The number of nitrogen functional groups attached to an aromatic ring is 1. The maximum atomic E-state index is 5.87. The molecule has 4 rings (SSSR count). The number of rotatable bonds is 1. The predicted octanol–water partition coefficient (Wildman–Crippen LogP) is 2.28. The Morgan fingerprint density at radius 1 is 1.25 bits per heavy atom. The second kappa shape index (κ2) is 3.90. The number of aromatic nitrogens is 4. The van der Waals surface area contributed by atoms with Crippen molar-refractivity contribution in [3.05, 3.63) is 47.6 Å². The van der Waals surface area contributed by atoms with Crippen LogP contribution in [0.25, 0.3) is 22.9 Å². The van der Waals surface area contributed by atoms with Gasteiger partial charge in [-0.1, -0.05) is 18.2 Å². The van der Waals surface area contributed by atoms with Gasteiger partial charge in [-0.25, -0.2) is 15.0 Å². The fraction of sp³-hybridized carbons (Fsp3) is 0.133. The van der Waals surface area contributed by atoms with Gasteiger partial charge in [-0.05, 0) is 36.6 Å². The van der Waals surface area contributed by atoms with E-state index in [0.717, 1.165) is 23.6 Å². The fourth-order valence-corrected chi connectivity index (χ4v) is 2.70. The molecule has 0 bridgehead atoms. The Morgan fingerprint density at radius 2 is 2.15 bits per heavy atom. The molecule has 1 aromatic carbocycles. The average Bonchev–Trinajstić information content (AvgIpc) is 3.02. The van der Waals surface area contributed by atoms with Crippen LogP contribution >= 0.6 is 0 Å². The van der Waals surface area contributed by atoms with Gasteiger partial charge in [0.2, 0.25) is 0 Å². The minimum absolute atomic E-state index is 0.415. The molecule has 0 atom stereocenters. The van der Waals surface area contributed by atoms with Gasteiger partial charge in [0.15, 0.2) is 17.0 Å². The highest BCUT2D eigenvalue weighted by molar-refractivity contribution is 5.83. The molecule has 5 nitrogen and oxygen atoms in total. The molecule has 3 aromatic rings. The number of aryl methyl sites for hydroxylation is 1. The number of imidazole rings is 1. The molecular formula is C15H13N5. The summed E-state index contributed by atoms with van der Waals surface area (Å²) in [7, 11) is 0. The van der Waals surface area contributed by atoms with Crippen molar-refractivity contribution in [2.45, 2.75) is 13.3 Å². The maximum absolute atomic E-state index is 5.87. The molecule has 0 amide bonds. The lowest BCUT2D eigenvalue weighted by Crippen LogP contribution is -2.00. The van der Waals surface area contributed by atoms with Crippen molar-refractivity contribution in [2.24, 2.45) is 0 Å². The summed E-state index contributed by atoms with van der Waals surface area (Å²) in [5.41, 5.74) is 10.9. The van der Waals surface area contributed by atoms with E-state index >= 15 is 0 Å². The standard InChI is InChI=1S/C15H13N5/c1-9-19-13-14(16)17-8-18-15(13)20(9)12-6-5-10-3-2-4-11(10)7-12/h2,4-8H,3H2,1H3,(H2,16,17,18). The molecule has 5 heteroatoms. The summed E-state index contributed by atoms with van der Waals surface area (Å²) in [5, 5.41) is 0. The third-order valence-electron chi connectivity index (χ3n) is 3.66. The van der Waals surface area contributed by atoms with Crippen LogP contribution in [-0.4, -0.2) is 19.5 Å². The van der Waals surface area contributed by atoms with Gasteiger partial charge in [-0.2, -0.15) is 0 Å². The van der Waals surface area contributed by atoms with E-state index in [1.165, 1.54) is 17.5 Å². The van der Waals surface area contributed by atoms with Gasteiger partial charge in [0.1, 0.15) is 12.2 Å². The zero-order valence-electron chi connectivity index (χ0n) is 11.0. The zero-order chi connectivity index (χ0) is 13.7. The van der Waals surface area contributed by atoms with Crippen molar-refractivity contribution < 1.29 is 0 Å². The summed E-state index contributed by atoms with van der Waals surface area (Å²) in [6, 6.07) is 6.41. The van der Waals surface area contributed by atoms with Crippen LogP contribution in [0, 0.1) is 6.92 Å². The van der Waals surface area contributed by atoms with Crippen molar-refractivity contribution in [1.29, 1.82) is 0 Å². The second-order valence-corrected chi connectivity index (χ2v) is 4.92. The lowest BCUT2D eigenvalue weighted by Gasteiger charge is -2.08. The van der Waals surface area contributed by atoms with Gasteiger partial charge in [0.25, 0.3) is 0 Å². The Morgan fingerprint density at radius 3 is 3.05 bits per heavy atom. The molecule has 0 unspecified atom stereocenters. The van der Waals surface area contributed by atoms with Crippen LogP contribution in [0.3, 0.4) is 0 Å². The van der Waals surface area contributed by atoms with E-state index < -0.39 is 0 Å². The van der Waals surface area contributed by atoms with Crippen LogP contribution < -0.4 is 5.73 Å². The first-order valence-corrected chi connectivity index (χ1v) is 6.49. The zero-order valence-corrected chi connectivity index (χ0v) is 11.0. The molecule has 2 N–H and O–H groups in total. The van der Waals surface area contributed by atoms with Gasteiger partial charge in [0, 0.05) is 5.69 Å². The van der Waals surface area contributed by atoms with E-state index in [4.69, 9.17) is 5.73 Å². The second-order valence-electron chi connectivity index (χ2n) is 4.92. The normalized spacial score (nSPS) is 13.1. The molecule has 0 saturated carbocycles. The molecule has 0 spiro atoms. The number of nitrogens with two attached hydrogens (primary N) is 1. The number of nitrogens with zero attached hydrogens (tertiary/aromatic N) is 4. The Kier molecular flexibility index (Phi) is 2.18. The highest BCUT2D eigenvalue weighted by Crippen LogP contribution is 2.26. The first kappa shape index (κ1) is 11.2. The molecule has 2 aromatic heterocycles. The topological polar surface area (TPSA) is 69.6 Å². The average molecular weight is 263 g/mol. The Labute approximate surface area is 115 Å². The monoisotopic (exact) mass is 263 g/mol. The number of allylic oxidation sites excluding steroid dienone is 1. The molecular weight excluding hydrogens is 250 g/mol. The van der Waals surface area contributed by atoms with Gasteiger partial charge in [-0.3, -0.25) is 4.57 Å². The van der Waals surface area contributed by atoms with Crippen molar-refractivity contribution in [2.75, 3.05) is 5.73 Å². The van der Waals surface area contributed by atoms with Crippen LogP contribution in [0.15, 0.2) is 30.6 Å². The molecule has 0 saturated heterocycles. The largest absolute Gasteiger partial charge is 0.382 e. The first-order valence-electron chi connectivity index (χ1n) is 6.49. The summed E-state index contributed by atoms with van der Waals surface area (Å²) < 4.78 is 2.01. The van der Waals surface area contributed by atoms with E-state index in [2.05, 4.69) is 45.3 Å². The lowest BCUT2D eigenvalue weighted by molar-refractivity contribution is 0.983. The minimum atomic E-state index is 0.415. The van der Waals surface area contributed by atoms with Gasteiger partial charge in [-0.15, -0.1) is 0 Å². The highest BCUT2D eigenvalue weighted by atomic mass is 15.2. The third-order valence-corrected chi connectivity index (χ3v) is 3.66. The SMILES string of the molecule is Cc1nc2c(N)ncnc2n1-c1ccc2c(c1)C=CC2. The highest BCUT2D eigenvalue weighted by Gasteiger charge is 2.14. The van der Waals surface area contributed by atoms with Crippen LogP contribution in [0.2, 0.25) is 0 Å². The first-order chi connectivity index (χ1) is 9.74. The van der Waals surface area contributed by atoms with Gasteiger partial charge >= 0.3 is 0 Å². The number of fused-ring (bicyclic) bond motifs is 2. The smallest absolute Gasteiger partial charge is 0.170 e. The molecule has 0 fully saturated rings. The summed E-state index contributed by atoms with van der Waals surface area (Å²) >= 11 is 0. The quantitative estimate of drug-likeness (QED) is 0.731. The minimum Gasteiger partial charge on any atom is -0.382 e. The van der Waals surface area contributed by atoms with E-state index in [1.54, 1.807) is 0 Å². The van der Waals surface area contributed by atoms with Crippen molar-refractivity contribution in [3.8, 4) is 5.69 Å².